The monoisotopic (exact) mass is 714 g/mol. The molecule has 0 bridgehead atoms. The third-order valence-corrected chi connectivity index (χ3v) is 6.17. The second kappa shape index (κ2) is 21.7. The van der Waals surface area contributed by atoms with Gasteiger partial charge in [0.05, 0.1) is 10.6 Å². The average Bonchev–Trinajstić information content (AvgIpc) is 2.79. The molecule has 1 aromatic carbocycles. The van der Waals surface area contributed by atoms with Crippen molar-refractivity contribution in [1.29, 1.82) is 0 Å². The van der Waals surface area contributed by atoms with Gasteiger partial charge in [-0.25, -0.2) is 9.59 Å². The number of carbonyl (C=O) groups is 2. The third kappa shape index (κ3) is 32.3. The maximum atomic E-state index is 11.8. The Morgan fingerprint density at radius 3 is 1.64 bits per heavy atom. The number of alkyl halides is 6. The zero-order valence-electron chi connectivity index (χ0n) is 26.9. The van der Waals surface area contributed by atoms with Crippen LogP contribution < -0.4 is 40.2 Å². The number of halogens is 6. The molecule has 0 saturated heterocycles. The van der Waals surface area contributed by atoms with Gasteiger partial charge in [0.2, 0.25) is 0 Å². The first-order chi connectivity index (χ1) is 19.3. The zero-order valence-corrected chi connectivity index (χ0v) is 30.5. The van der Waals surface area contributed by atoms with Crippen LogP contribution in [0.2, 0.25) is 0 Å². The largest absolute Gasteiger partial charge is 1.00 e. The van der Waals surface area contributed by atoms with Crippen molar-refractivity contribution < 1.29 is 89.0 Å². The fourth-order valence-corrected chi connectivity index (χ4v) is 3.75. The van der Waals surface area contributed by atoms with Crippen molar-refractivity contribution in [1.82, 2.24) is 10.6 Å². The Kier molecular flexibility index (Phi) is 23.3. The van der Waals surface area contributed by atoms with E-state index in [4.69, 9.17) is 9.47 Å². The van der Waals surface area contributed by atoms with Gasteiger partial charge in [0.25, 0.3) is 10.1 Å². The predicted molar refractivity (Wildman–Crippen MR) is 157 cm³/mol. The summed E-state index contributed by atoms with van der Waals surface area (Å²) in [6, 6.07) is 5.34. The normalized spacial score (nSPS) is 11.9. The molecule has 44 heavy (non-hydrogen) atoms. The Hall–Kier alpha value is -1.05. The average molecular weight is 715 g/mol. The molecule has 0 heterocycles. The first-order valence-corrected chi connectivity index (χ1v) is 15.7. The molecule has 0 aliphatic rings. The molecular formula is C25H41F6N2NaO7S3. The van der Waals surface area contributed by atoms with Gasteiger partial charge in [0.15, 0.2) is 6.61 Å². The molecule has 0 aliphatic carbocycles. The fourth-order valence-electron chi connectivity index (χ4n) is 2.12. The molecule has 254 valence electrons. The second-order valence-electron chi connectivity index (χ2n) is 10.4. The Morgan fingerprint density at radius 2 is 1.27 bits per heavy atom. The van der Waals surface area contributed by atoms with E-state index in [1.165, 1.54) is 24.3 Å². The number of benzene rings is 1. The quantitative estimate of drug-likeness (QED) is 0.117. The molecule has 0 fully saturated rings. The van der Waals surface area contributed by atoms with Crippen LogP contribution in [0.25, 0.3) is 0 Å². The Labute approximate surface area is 288 Å². The number of alkyl carbamates (subject to hydrolysis) is 2. The molecule has 0 unspecified atom stereocenters. The topological polar surface area (TPSA) is 120 Å². The minimum absolute atomic E-state index is 0. The van der Waals surface area contributed by atoms with Gasteiger partial charge >= 0.3 is 54.1 Å². The molecule has 0 aliphatic heterocycles. The molecule has 2 N–H and O–H groups in total. The van der Waals surface area contributed by atoms with Crippen molar-refractivity contribution >= 4 is 46.7 Å². The van der Waals surface area contributed by atoms with Gasteiger partial charge in [0, 0.05) is 24.6 Å². The van der Waals surface area contributed by atoms with Crippen LogP contribution in [0.1, 0.15) is 48.5 Å². The summed E-state index contributed by atoms with van der Waals surface area (Å²) >= 11 is 4.66. The Balaban J connectivity index is -0.000000279. The number of nitrogens with one attached hydrogen (secondary N) is 2. The van der Waals surface area contributed by atoms with E-state index < -0.39 is 52.1 Å². The van der Waals surface area contributed by atoms with Crippen molar-refractivity contribution in [3.05, 3.63) is 29.8 Å². The van der Waals surface area contributed by atoms with Gasteiger partial charge in [-0.1, -0.05) is 17.7 Å². The SMILES string of the molecule is CC(C)(C)OC(=O)NCCS.CC(C)(C)OC(=O)NCCSCC(F)(F)F.Cc1ccc(S(=O)(=O)OCC(F)(F)F)cc1.[H-].[Na+]. The summed E-state index contributed by atoms with van der Waals surface area (Å²) in [6.45, 7) is 11.2. The molecule has 0 atom stereocenters. The molecule has 0 aromatic heterocycles. The van der Waals surface area contributed by atoms with Gasteiger partial charge in [-0.15, -0.1) is 0 Å². The van der Waals surface area contributed by atoms with Crippen LogP contribution in [-0.2, 0) is 23.8 Å². The van der Waals surface area contributed by atoms with Crippen LogP contribution in [0.3, 0.4) is 0 Å². The Bertz CT molecular complexity index is 1070. The van der Waals surface area contributed by atoms with Crippen LogP contribution in [-0.4, -0.2) is 81.1 Å². The van der Waals surface area contributed by atoms with Crippen LogP contribution in [0.5, 0.6) is 0 Å². The summed E-state index contributed by atoms with van der Waals surface area (Å²) in [5, 5.41) is 4.93. The van der Waals surface area contributed by atoms with Gasteiger partial charge in [0.1, 0.15) is 11.2 Å². The zero-order chi connectivity index (χ0) is 34.1. The molecule has 2 amide bonds. The van der Waals surface area contributed by atoms with E-state index in [1.807, 2.05) is 20.8 Å². The molecule has 0 radical (unpaired) electrons. The summed E-state index contributed by atoms with van der Waals surface area (Å²) in [4.78, 5) is 21.6. The fraction of sp³-hybridized carbons (Fsp3) is 0.680. The first kappa shape index (κ1) is 47.4. The van der Waals surface area contributed by atoms with Crippen LogP contribution in [0.4, 0.5) is 35.9 Å². The van der Waals surface area contributed by atoms with E-state index in [2.05, 4.69) is 27.4 Å². The number of hydrogen-bond donors (Lipinski definition) is 3. The number of thiol groups is 1. The molecule has 9 nitrogen and oxygen atoms in total. The van der Waals surface area contributed by atoms with Crippen molar-refractivity contribution in [2.24, 2.45) is 0 Å². The van der Waals surface area contributed by atoms with Crippen LogP contribution in [0, 0.1) is 6.92 Å². The summed E-state index contributed by atoms with van der Waals surface area (Å²) in [7, 11) is -4.33. The molecule has 1 rings (SSSR count). The number of hydrogen-bond acceptors (Lipinski definition) is 9. The van der Waals surface area contributed by atoms with Crippen molar-refractivity contribution in [2.75, 3.05) is 37.0 Å². The number of carbonyl (C=O) groups excluding carboxylic acids is 2. The van der Waals surface area contributed by atoms with E-state index in [0.717, 1.165) is 17.3 Å². The van der Waals surface area contributed by atoms with Crippen LogP contribution in [0.15, 0.2) is 29.2 Å². The van der Waals surface area contributed by atoms with E-state index in [-0.39, 0.29) is 54.3 Å². The number of aryl methyl sites for hydroxylation is 1. The van der Waals surface area contributed by atoms with Crippen molar-refractivity contribution in [2.45, 2.75) is 76.9 Å². The predicted octanol–water partition coefficient (Wildman–Crippen LogP) is 3.63. The van der Waals surface area contributed by atoms with E-state index >= 15 is 0 Å². The standard InChI is InChI=1S/C9H16F3NO2S.C9H9F3O3S.C7H15NO2S.Na.H/c1-8(2,3)15-7(14)13-4-5-16-6-9(10,11)12;1-7-2-4-8(5-3-7)16(13,14)15-6-9(10,11)12;1-7(2,3)10-6(9)8-4-5-11;;/h4-6H2,1-3H3,(H,13,14);2-5H,6H2,1H3;11H,4-5H2,1-3H3,(H,8,9);;/q;;;+1;-1. The van der Waals surface area contributed by atoms with E-state index in [0.29, 0.717) is 12.3 Å². The van der Waals surface area contributed by atoms with Gasteiger partial charge in [-0.3, -0.25) is 4.18 Å². The summed E-state index contributed by atoms with van der Waals surface area (Å²) in [5.74, 6) is -0.0685. The van der Waals surface area contributed by atoms with Gasteiger partial charge in [-0.05, 0) is 60.6 Å². The van der Waals surface area contributed by atoms with Gasteiger partial charge in [-0.2, -0.15) is 59.2 Å². The molecule has 0 saturated carbocycles. The smallest absolute Gasteiger partial charge is 1.00 e. The molecule has 1 aromatic rings. The maximum absolute atomic E-state index is 11.8. The molecule has 19 heteroatoms. The van der Waals surface area contributed by atoms with Crippen LogP contribution >= 0.6 is 24.4 Å². The maximum Gasteiger partial charge on any atom is 1.00 e. The number of ether oxygens (including phenoxy) is 2. The summed E-state index contributed by atoms with van der Waals surface area (Å²) < 4.78 is 107. The Morgan fingerprint density at radius 1 is 0.841 bits per heavy atom. The minimum atomic E-state index is -4.67. The van der Waals surface area contributed by atoms with Gasteiger partial charge < -0.3 is 21.5 Å². The minimum Gasteiger partial charge on any atom is -1.00 e. The first-order valence-electron chi connectivity index (χ1n) is 12.5. The summed E-state index contributed by atoms with van der Waals surface area (Å²) in [6.07, 6.45) is -9.82. The van der Waals surface area contributed by atoms with Crippen molar-refractivity contribution in [3.8, 4) is 0 Å². The molecular weight excluding hydrogens is 673 g/mol. The molecule has 0 spiro atoms. The van der Waals surface area contributed by atoms with Crippen molar-refractivity contribution in [3.63, 3.8) is 0 Å². The summed E-state index contributed by atoms with van der Waals surface area (Å²) in [5.41, 5.74) is -0.209. The van der Waals surface area contributed by atoms with E-state index in [1.54, 1.807) is 27.7 Å². The third-order valence-electron chi connectivity index (χ3n) is 3.65. The number of thioether (sulfide) groups is 1. The number of amides is 2. The van der Waals surface area contributed by atoms with E-state index in [9.17, 15) is 44.3 Å². The number of rotatable bonds is 9. The second-order valence-corrected chi connectivity index (χ2v) is 13.6.